The lowest BCUT2D eigenvalue weighted by molar-refractivity contribution is -0.0159. The van der Waals surface area contributed by atoms with Gasteiger partial charge in [0.15, 0.2) is 0 Å². The van der Waals surface area contributed by atoms with Gasteiger partial charge in [-0.25, -0.2) is 0 Å². The highest BCUT2D eigenvalue weighted by atomic mass is 16.5. The zero-order valence-electron chi connectivity index (χ0n) is 10.7. The van der Waals surface area contributed by atoms with Crippen molar-refractivity contribution < 1.29 is 9.47 Å². The van der Waals surface area contributed by atoms with Crippen LogP contribution in [0, 0.1) is 6.92 Å². The SMILES string of the molecule is COC1(CNCc2ccccc2C)CCOC1. The number of methoxy groups -OCH3 is 1. The van der Waals surface area contributed by atoms with Crippen LogP contribution in [0.3, 0.4) is 0 Å². The summed E-state index contributed by atoms with van der Waals surface area (Å²) in [6, 6.07) is 8.45. The molecule has 0 aromatic heterocycles. The van der Waals surface area contributed by atoms with Crippen molar-refractivity contribution >= 4 is 0 Å². The highest BCUT2D eigenvalue weighted by Crippen LogP contribution is 2.21. The minimum Gasteiger partial charge on any atom is -0.378 e. The molecule has 0 radical (unpaired) electrons. The molecule has 1 aliphatic rings. The molecule has 2 rings (SSSR count). The molecule has 3 nitrogen and oxygen atoms in total. The summed E-state index contributed by atoms with van der Waals surface area (Å²) in [6.45, 7) is 5.38. The van der Waals surface area contributed by atoms with Gasteiger partial charge in [-0.3, -0.25) is 0 Å². The van der Waals surface area contributed by atoms with Crippen LogP contribution in [-0.2, 0) is 16.0 Å². The first kappa shape index (κ1) is 12.6. The van der Waals surface area contributed by atoms with Gasteiger partial charge in [0.25, 0.3) is 0 Å². The van der Waals surface area contributed by atoms with Crippen molar-refractivity contribution in [3.8, 4) is 0 Å². The molecule has 1 heterocycles. The maximum Gasteiger partial charge on any atom is 0.106 e. The van der Waals surface area contributed by atoms with Gasteiger partial charge in [0.1, 0.15) is 5.60 Å². The van der Waals surface area contributed by atoms with Crippen molar-refractivity contribution in [1.29, 1.82) is 0 Å². The van der Waals surface area contributed by atoms with Crippen LogP contribution in [0.25, 0.3) is 0 Å². The van der Waals surface area contributed by atoms with Gasteiger partial charge < -0.3 is 14.8 Å². The summed E-state index contributed by atoms with van der Waals surface area (Å²) in [6.07, 6.45) is 0.976. The highest BCUT2D eigenvalue weighted by molar-refractivity contribution is 5.25. The lowest BCUT2D eigenvalue weighted by Crippen LogP contribution is -2.42. The topological polar surface area (TPSA) is 30.5 Å². The Morgan fingerprint density at radius 3 is 2.88 bits per heavy atom. The first-order chi connectivity index (χ1) is 8.26. The maximum atomic E-state index is 5.58. The van der Waals surface area contributed by atoms with E-state index in [1.54, 1.807) is 7.11 Å². The van der Waals surface area contributed by atoms with Crippen molar-refractivity contribution in [1.82, 2.24) is 5.32 Å². The highest BCUT2D eigenvalue weighted by Gasteiger charge is 2.34. The van der Waals surface area contributed by atoms with Crippen LogP contribution < -0.4 is 5.32 Å². The van der Waals surface area contributed by atoms with Gasteiger partial charge in [-0.1, -0.05) is 24.3 Å². The summed E-state index contributed by atoms with van der Waals surface area (Å²) < 4.78 is 11.0. The predicted octanol–water partition coefficient (Wildman–Crippen LogP) is 1.89. The number of aryl methyl sites for hydroxylation is 1. The molecule has 0 spiro atoms. The van der Waals surface area contributed by atoms with Gasteiger partial charge in [0, 0.05) is 33.2 Å². The molecule has 1 atom stereocenters. The Morgan fingerprint density at radius 2 is 2.24 bits per heavy atom. The van der Waals surface area contributed by atoms with E-state index < -0.39 is 0 Å². The Hall–Kier alpha value is -0.900. The molecule has 1 aromatic rings. The van der Waals surface area contributed by atoms with Gasteiger partial charge in [-0.2, -0.15) is 0 Å². The largest absolute Gasteiger partial charge is 0.378 e. The molecule has 0 saturated carbocycles. The normalized spacial score (nSPS) is 24.1. The fourth-order valence-electron chi connectivity index (χ4n) is 2.19. The average Bonchev–Trinajstić information content (AvgIpc) is 2.81. The molecule has 3 heteroatoms. The smallest absolute Gasteiger partial charge is 0.106 e. The number of ether oxygens (including phenoxy) is 2. The molecule has 1 fully saturated rings. The molecule has 1 N–H and O–H groups in total. The van der Waals surface area contributed by atoms with E-state index >= 15 is 0 Å². The third-order valence-corrected chi connectivity index (χ3v) is 3.52. The van der Waals surface area contributed by atoms with Crippen LogP contribution in [0.15, 0.2) is 24.3 Å². The summed E-state index contributed by atoms with van der Waals surface area (Å²) in [7, 11) is 1.77. The van der Waals surface area contributed by atoms with Gasteiger partial charge in [-0.15, -0.1) is 0 Å². The number of rotatable bonds is 5. The van der Waals surface area contributed by atoms with Crippen molar-refractivity contribution in [2.75, 3.05) is 26.9 Å². The molecule has 1 saturated heterocycles. The van der Waals surface area contributed by atoms with Crippen LogP contribution in [0.2, 0.25) is 0 Å². The first-order valence-corrected chi connectivity index (χ1v) is 6.14. The molecule has 1 aromatic carbocycles. The van der Waals surface area contributed by atoms with Crippen molar-refractivity contribution in [2.24, 2.45) is 0 Å². The summed E-state index contributed by atoms with van der Waals surface area (Å²) in [5, 5.41) is 3.47. The fraction of sp³-hybridized carbons (Fsp3) is 0.571. The van der Waals surface area contributed by atoms with Gasteiger partial charge in [0.2, 0.25) is 0 Å². The lowest BCUT2D eigenvalue weighted by Gasteiger charge is -2.26. The Bertz CT molecular complexity index is 359. The molecule has 94 valence electrons. The Kier molecular flexibility index (Phi) is 4.15. The number of hydrogen-bond donors (Lipinski definition) is 1. The minimum atomic E-state index is -0.122. The van der Waals surface area contributed by atoms with Crippen molar-refractivity contribution in [2.45, 2.75) is 25.5 Å². The number of nitrogens with one attached hydrogen (secondary N) is 1. The Balaban J connectivity index is 1.85. The minimum absolute atomic E-state index is 0.122. The zero-order chi connectivity index (χ0) is 12.1. The van der Waals surface area contributed by atoms with E-state index in [1.165, 1.54) is 11.1 Å². The van der Waals surface area contributed by atoms with Crippen LogP contribution in [-0.4, -0.2) is 32.5 Å². The summed E-state index contributed by atoms with van der Waals surface area (Å²) >= 11 is 0. The van der Waals surface area contributed by atoms with Crippen LogP contribution in [0.4, 0.5) is 0 Å². The van der Waals surface area contributed by atoms with E-state index in [0.717, 1.165) is 26.1 Å². The second-order valence-electron chi connectivity index (χ2n) is 4.72. The molecular formula is C14H21NO2. The molecule has 0 amide bonds. The monoisotopic (exact) mass is 235 g/mol. The number of hydrogen-bond acceptors (Lipinski definition) is 3. The Labute approximate surface area is 103 Å². The molecule has 1 unspecified atom stereocenters. The molecule has 1 aliphatic heterocycles. The van der Waals surface area contributed by atoms with Crippen LogP contribution in [0.5, 0.6) is 0 Å². The second-order valence-corrected chi connectivity index (χ2v) is 4.72. The van der Waals surface area contributed by atoms with Crippen LogP contribution >= 0.6 is 0 Å². The summed E-state index contributed by atoms with van der Waals surface area (Å²) in [4.78, 5) is 0. The van der Waals surface area contributed by atoms with Gasteiger partial charge >= 0.3 is 0 Å². The maximum absolute atomic E-state index is 5.58. The average molecular weight is 235 g/mol. The molecular weight excluding hydrogens is 214 g/mol. The third-order valence-electron chi connectivity index (χ3n) is 3.52. The summed E-state index contributed by atoms with van der Waals surface area (Å²) in [5.74, 6) is 0. The quantitative estimate of drug-likeness (QED) is 0.845. The predicted molar refractivity (Wildman–Crippen MR) is 68.1 cm³/mol. The van der Waals surface area contributed by atoms with E-state index in [2.05, 4.69) is 36.5 Å². The molecule has 0 aliphatic carbocycles. The second kappa shape index (κ2) is 5.63. The molecule has 17 heavy (non-hydrogen) atoms. The van der Waals surface area contributed by atoms with Crippen molar-refractivity contribution in [3.63, 3.8) is 0 Å². The lowest BCUT2D eigenvalue weighted by atomic mass is 10.0. The van der Waals surface area contributed by atoms with E-state index in [4.69, 9.17) is 9.47 Å². The van der Waals surface area contributed by atoms with E-state index in [9.17, 15) is 0 Å². The summed E-state index contributed by atoms with van der Waals surface area (Å²) in [5.41, 5.74) is 2.55. The van der Waals surface area contributed by atoms with Gasteiger partial charge in [-0.05, 0) is 18.1 Å². The van der Waals surface area contributed by atoms with Crippen LogP contribution in [0.1, 0.15) is 17.5 Å². The van der Waals surface area contributed by atoms with E-state index in [-0.39, 0.29) is 5.60 Å². The molecule has 0 bridgehead atoms. The number of benzene rings is 1. The first-order valence-electron chi connectivity index (χ1n) is 6.14. The van der Waals surface area contributed by atoms with Gasteiger partial charge in [0.05, 0.1) is 6.61 Å². The fourth-order valence-corrected chi connectivity index (χ4v) is 2.19. The Morgan fingerprint density at radius 1 is 1.41 bits per heavy atom. The van der Waals surface area contributed by atoms with E-state index in [1.807, 2.05) is 0 Å². The third kappa shape index (κ3) is 3.06. The standard InChI is InChI=1S/C14H21NO2/c1-12-5-3-4-6-13(12)9-15-10-14(16-2)7-8-17-11-14/h3-6,15H,7-11H2,1-2H3. The van der Waals surface area contributed by atoms with E-state index in [0.29, 0.717) is 6.61 Å². The van der Waals surface area contributed by atoms with Crippen molar-refractivity contribution in [3.05, 3.63) is 35.4 Å². The zero-order valence-corrected chi connectivity index (χ0v) is 10.7.